The molecule has 2 heterocycles. The molecule has 0 aromatic carbocycles. The van der Waals surface area contributed by atoms with Gasteiger partial charge in [0.1, 0.15) is 0 Å². The number of likely N-dealkylation sites (N-methyl/N-ethyl adjacent to an activating group) is 1. The number of likely N-dealkylation sites (tertiary alicyclic amines) is 1. The van der Waals surface area contributed by atoms with E-state index in [2.05, 4.69) is 41.0 Å². The molecule has 0 spiro atoms. The highest BCUT2D eigenvalue weighted by atomic mass is 35.5. The molecule has 1 aliphatic rings. The number of hydrogen-bond donors (Lipinski definition) is 0. The van der Waals surface area contributed by atoms with Crippen molar-refractivity contribution in [1.82, 2.24) is 20.0 Å². The van der Waals surface area contributed by atoms with Crippen molar-refractivity contribution in [1.29, 1.82) is 0 Å². The van der Waals surface area contributed by atoms with Crippen molar-refractivity contribution in [3.63, 3.8) is 0 Å². The third-order valence-corrected chi connectivity index (χ3v) is 3.59. The van der Waals surface area contributed by atoms with Gasteiger partial charge in [-0.15, -0.1) is 5.10 Å². The van der Waals surface area contributed by atoms with Crippen LogP contribution in [0.4, 0.5) is 0 Å². The fourth-order valence-electron chi connectivity index (χ4n) is 2.51. The Morgan fingerprint density at radius 1 is 1.35 bits per heavy atom. The van der Waals surface area contributed by atoms with Crippen LogP contribution in [0.5, 0.6) is 0 Å². The number of halogens is 1. The molecule has 17 heavy (non-hydrogen) atoms. The zero-order chi connectivity index (χ0) is 12.4. The van der Waals surface area contributed by atoms with Crippen LogP contribution in [-0.4, -0.2) is 53.2 Å². The first-order valence-corrected chi connectivity index (χ1v) is 6.31. The average molecular weight is 255 g/mol. The summed E-state index contributed by atoms with van der Waals surface area (Å²) in [5.74, 6) is 0.699. The van der Waals surface area contributed by atoms with Gasteiger partial charge in [-0.2, -0.15) is 5.10 Å². The molecule has 4 nitrogen and oxygen atoms in total. The van der Waals surface area contributed by atoms with Crippen molar-refractivity contribution in [2.45, 2.75) is 19.5 Å². The molecule has 0 saturated carbocycles. The molecule has 1 aromatic heterocycles. The summed E-state index contributed by atoms with van der Waals surface area (Å²) in [7, 11) is 4.29. The fourth-order valence-corrected chi connectivity index (χ4v) is 2.61. The van der Waals surface area contributed by atoms with Crippen LogP contribution in [0.15, 0.2) is 12.1 Å². The van der Waals surface area contributed by atoms with E-state index < -0.39 is 0 Å². The van der Waals surface area contributed by atoms with Crippen LogP contribution in [0.25, 0.3) is 0 Å². The third kappa shape index (κ3) is 3.15. The van der Waals surface area contributed by atoms with Crippen LogP contribution in [0.2, 0.25) is 5.15 Å². The highest BCUT2D eigenvalue weighted by Gasteiger charge is 2.30. The summed E-state index contributed by atoms with van der Waals surface area (Å²) in [6, 6.07) is 4.38. The van der Waals surface area contributed by atoms with Crippen LogP contribution >= 0.6 is 11.6 Å². The van der Waals surface area contributed by atoms with E-state index in [0.29, 0.717) is 17.1 Å². The molecule has 2 rings (SSSR count). The highest BCUT2D eigenvalue weighted by Crippen LogP contribution is 2.21. The SMILES string of the molecule is CC1CN(Cc2ccc(Cl)nn2)CC1N(C)C. The van der Waals surface area contributed by atoms with Gasteiger partial charge in [-0.1, -0.05) is 18.5 Å². The molecule has 0 aliphatic carbocycles. The van der Waals surface area contributed by atoms with Gasteiger partial charge in [0.05, 0.1) is 5.69 Å². The van der Waals surface area contributed by atoms with Crippen molar-refractivity contribution < 1.29 is 0 Å². The lowest BCUT2D eigenvalue weighted by molar-refractivity contribution is 0.249. The lowest BCUT2D eigenvalue weighted by atomic mass is 10.1. The van der Waals surface area contributed by atoms with Gasteiger partial charge in [-0.3, -0.25) is 4.90 Å². The molecule has 1 fully saturated rings. The van der Waals surface area contributed by atoms with Gasteiger partial charge >= 0.3 is 0 Å². The number of aromatic nitrogens is 2. The lowest BCUT2D eigenvalue weighted by Crippen LogP contribution is -2.34. The van der Waals surface area contributed by atoms with Crippen LogP contribution in [0.1, 0.15) is 12.6 Å². The molecule has 94 valence electrons. The van der Waals surface area contributed by atoms with Crippen LogP contribution in [0.3, 0.4) is 0 Å². The molecule has 5 heteroatoms. The standard InChI is InChI=1S/C12H19ClN4/c1-9-6-17(8-11(9)16(2)3)7-10-4-5-12(13)15-14-10/h4-5,9,11H,6-8H2,1-3H3. The van der Waals surface area contributed by atoms with Crippen molar-refractivity contribution in [2.75, 3.05) is 27.2 Å². The van der Waals surface area contributed by atoms with Gasteiger partial charge in [0.2, 0.25) is 0 Å². The maximum Gasteiger partial charge on any atom is 0.151 e. The second-order valence-electron chi connectivity index (χ2n) is 5.05. The Bertz CT molecular complexity index is 365. The first kappa shape index (κ1) is 12.7. The molecule has 0 radical (unpaired) electrons. The minimum atomic E-state index is 0.453. The molecule has 0 N–H and O–H groups in total. The average Bonchev–Trinajstić information content (AvgIpc) is 2.63. The predicted molar refractivity (Wildman–Crippen MR) is 69.0 cm³/mol. The van der Waals surface area contributed by atoms with E-state index in [4.69, 9.17) is 11.6 Å². The van der Waals surface area contributed by atoms with Gasteiger partial charge < -0.3 is 4.90 Å². The topological polar surface area (TPSA) is 32.3 Å². The Morgan fingerprint density at radius 3 is 2.65 bits per heavy atom. The Labute approximate surface area is 108 Å². The molecule has 0 amide bonds. The molecule has 2 unspecified atom stereocenters. The minimum Gasteiger partial charge on any atom is -0.305 e. The van der Waals surface area contributed by atoms with Gasteiger partial charge in [0.25, 0.3) is 0 Å². The zero-order valence-corrected chi connectivity index (χ0v) is 11.4. The lowest BCUT2D eigenvalue weighted by Gasteiger charge is -2.22. The van der Waals surface area contributed by atoms with Gasteiger partial charge in [0.15, 0.2) is 5.15 Å². The van der Waals surface area contributed by atoms with Gasteiger partial charge in [-0.05, 0) is 32.1 Å². The van der Waals surface area contributed by atoms with E-state index >= 15 is 0 Å². The molecule has 0 bridgehead atoms. The van der Waals surface area contributed by atoms with E-state index in [0.717, 1.165) is 25.3 Å². The molecule has 1 aliphatic heterocycles. The van der Waals surface area contributed by atoms with E-state index in [1.807, 2.05) is 6.07 Å². The molecule has 2 atom stereocenters. The molecular formula is C12H19ClN4. The summed E-state index contributed by atoms with van der Waals surface area (Å²) in [4.78, 5) is 4.73. The summed E-state index contributed by atoms with van der Waals surface area (Å²) in [6.45, 7) is 5.38. The second-order valence-corrected chi connectivity index (χ2v) is 5.44. The Morgan fingerprint density at radius 2 is 2.12 bits per heavy atom. The number of nitrogens with zero attached hydrogens (tertiary/aromatic N) is 4. The Kier molecular flexibility index (Phi) is 3.97. The smallest absolute Gasteiger partial charge is 0.151 e. The van der Waals surface area contributed by atoms with Crippen LogP contribution in [-0.2, 0) is 6.54 Å². The van der Waals surface area contributed by atoms with Crippen LogP contribution in [0, 0.1) is 5.92 Å². The zero-order valence-electron chi connectivity index (χ0n) is 10.6. The molecule has 1 aromatic rings. The summed E-state index contributed by atoms with van der Waals surface area (Å²) < 4.78 is 0. The predicted octanol–water partition coefficient (Wildman–Crippen LogP) is 1.51. The first-order chi connectivity index (χ1) is 8.06. The molecular weight excluding hydrogens is 236 g/mol. The normalized spacial score (nSPS) is 25.7. The van der Waals surface area contributed by atoms with E-state index in [1.165, 1.54) is 0 Å². The van der Waals surface area contributed by atoms with Crippen molar-refractivity contribution in [3.05, 3.63) is 23.0 Å². The Balaban J connectivity index is 1.95. The van der Waals surface area contributed by atoms with Gasteiger partial charge in [0, 0.05) is 25.7 Å². The molecule has 1 saturated heterocycles. The van der Waals surface area contributed by atoms with Crippen molar-refractivity contribution >= 4 is 11.6 Å². The Hall–Kier alpha value is -0.710. The maximum absolute atomic E-state index is 5.72. The monoisotopic (exact) mass is 254 g/mol. The highest BCUT2D eigenvalue weighted by molar-refractivity contribution is 6.29. The summed E-state index contributed by atoms with van der Waals surface area (Å²) in [5, 5.41) is 8.43. The second kappa shape index (κ2) is 5.29. The first-order valence-electron chi connectivity index (χ1n) is 5.93. The number of rotatable bonds is 3. The quantitative estimate of drug-likeness (QED) is 0.819. The van der Waals surface area contributed by atoms with E-state index in [9.17, 15) is 0 Å². The largest absolute Gasteiger partial charge is 0.305 e. The van der Waals surface area contributed by atoms with E-state index in [-0.39, 0.29) is 0 Å². The van der Waals surface area contributed by atoms with Gasteiger partial charge in [-0.25, -0.2) is 0 Å². The summed E-state index contributed by atoms with van der Waals surface area (Å²) >= 11 is 5.72. The number of hydrogen-bond acceptors (Lipinski definition) is 4. The summed E-state index contributed by atoms with van der Waals surface area (Å²) in [5.41, 5.74) is 0.987. The van der Waals surface area contributed by atoms with Crippen LogP contribution < -0.4 is 0 Å². The summed E-state index contributed by atoms with van der Waals surface area (Å²) in [6.07, 6.45) is 0. The fraction of sp³-hybridized carbons (Fsp3) is 0.667. The van der Waals surface area contributed by atoms with E-state index in [1.54, 1.807) is 6.07 Å². The van der Waals surface area contributed by atoms with Crippen molar-refractivity contribution in [3.8, 4) is 0 Å². The maximum atomic E-state index is 5.72. The third-order valence-electron chi connectivity index (χ3n) is 3.38. The van der Waals surface area contributed by atoms with Crippen molar-refractivity contribution in [2.24, 2.45) is 5.92 Å². The minimum absolute atomic E-state index is 0.453.